The van der Waals surface area contributed by atoms with Gasteiger partial charge >= 0.3 is 13.1 Å². The summed E-state index contributed by atoms with van der Waals surface area (Å²) in [6.45, 7) is 9.02. The van der Waals surface area contributed by atoms with Gasteiger partial charge in [-0.25, -0.2) is 9.18 Å². The highest BCUT2D eigenvalue weighted by atomic mass is 19.1. The van der Waals surface area contributed by atoms with Crippen LogP contribution < -0.4 is 0 Å². The van der Waals surface area contributed by atoms with Crippen LogP contribution in [0.15, 0.2) is 23.9 Å². The van der Waals surface area contributed by atoms with Gasteiger partial charge in [0, 0.05) is 0 Å². The van der Waals surface area contributed by atoms with Crippen LogP contribution in [0, 0.1) is 6.92 Å². The van der Waals surface area contributed by atoms with Gasteiger partial charge in [0.2, 0.25) is 0 Å². The molecule has 1 aliphatic heterocycles. The Kier molecular flexibility index (Phi) is 4.19. The molecule has 0 atom stereocenters. The van der Waals surface area contributed by atoms with E-state index in [1.54, 1.807) is 19.1 Å². The van der Waals surface area contributed by atoms with Gasteiger partial charge in [-0.05, 0) is 57.9 Å². The van der Waals surface area contributed by atoms with Crippen molar-refractivity contribution in [3.63, 3.8) is 0 Å². The Labute approximate surface area is 130 Å². The fraction of sp³-hybridized carbons (Fsp3) is 0.438. The zero-order valence-corrected chi connectivity index (χ0v) is 13.4. The van der Waals surface area contributed by atoms with Gasteiger partial charge in [0.1, 0.15) is 5.73 Å². The molecule has 0 radical (unpaired) electrons. The Balaban J connectivity index is 2.32. The maximum atomic E-state index is 14.5. The van der Waals surface area contributed by atoms with Gasteiger partial charge in [-0.2, -0.15) is 0 Å². The molecule has 0 saturated carbocycles. The Morgan fingerprint density at radius 1 is 1.23 bits per heavy atom. The highest BCUT2D eigenvalue weighted by Gasteiger charge is 2.53. The third kappa shape index (κ3) is 2.94. The molecule has 0 amide bonds. The van der Waals surface area contributed by atoms with Crippen molar-refractivity contribution in [2.75, 3.05) is 0 Å². The summed E-state index contributed by atoms with van der Waals surface area (Å²) in [5, 5.41) is 9.11. The predicted molar refractivity (Wildman–Crippen MR) is 83.3 cm³/mol. The first kappa shape index (κ1) is 16.7. The van der Waals surface area contributed by atoms with E-state index in [-0.39, 0.29) is 5.56 Å². The van der Waals surface area contributed by atoms with Gasteiger partial charge in [0.25, 0.3) is 0 Å². The van der Waals surface area contributed by atoms with Crippen LogP contribution in [-0.2, 0) is 9.31 Å². The van der Waals surface area contributed by atoms with E-state index in [4.69, 9.17) is 14.4 Å². The average Bonchev–Trinajstić information content (AvgIpc) is 2.60. The minimum atomic E-state index is -1.09. The zero-order chi connectivity index (χ0) is 16.7. The van der Waals surface area contributed by atoms with Crippen LogP contribution in [0.2, 0.25) is 0 Å². The van der Waals surface area contributed by atoms with E-state index in [1.165, 1.54) is 12.1 Å². The molecule has 0 aliphatic carbocycles. The molecule has 22 heavy (non-hydrogen) atoms. The van der Waals surface area contributed by atoms with E-state index >= 15 is 0 Å². The topological polar surface area (TPSA) is 55.8 Å². The fourth-order valence-corrected chi connectivity index (χ4v) is 2.21. The number of carboxylic acid groups (broad SMARTS) is 1. The molecule has 6 heteroatoms. The van der Waals surface area contributed by atoms with Gasteiger partial charge in [0.05, 0.1) is 16.8 Å². The first-order valence-electron chi connectivity index (χ1n) is 7.11. The summed E-state index contributed by atoms with van der Waals surface area (Å²) >= 11 is 0. The third-order valence-corrected chi connectivity index (χ3v) is 4.38. The van der Waals surface area contributed by atoms with Gasteiger partial charge in [-0.15, -0.1) is 0 Å². The molecule has 1 saturated heterocycles. The molecule has 4 nitrogen and oxygen atoms in total. The number of rotatable bonds is 3. The SMILES string of the molecule is Cc1c(C=C(F)B2OC(C)(C)C(C)(C)O2)cccc1C(=O)O. The van der Waals surface area contributed by atoms with E-state index in [1.807, 2.05) is 27.7 Å². The number of aromatic carboxylic acids is 1. The minimum Gasteiger partial charge on any atom is -0.478 e. The zero-order valence-electron chi connectivity index (χ0n) is 13.4. The van der Waals surface area contributed by atoms with Crippen LogP contribution >= 0.6 is 0 Å². The molecule has 118 valence electrons. The predicted octanol–water partition coefficient (Wildman–Crippen LogP) is 3.64. The molecule has 0 aromatic heterocycles. The maximum absolute atomic E-state index is 14.5. The van der Waals surface area contributed by atoms with Crippen molar-refractivity contribution in [1.82, 2.24) is 0 Å². The molecular weight excluding hydrogens is 286 g/mol. The summed E-state index contributed by atoms with van der Waals surface area (Å²) in [5.41, 5.74) is -0.685. The molecule has 2 rings (SSSR count). The Bertz CT molecular complexity index is 621. The maximum Gasteiger partial charge on any atom is 0.525 e. The first-order chi connectivity index (χ1) is 10.0. The van der Waals surface area contributed by atoms with Crippen molar-refractivity contribution in [3.8, 4) is 0 Å². The lowest BCUT2D eigenvalue weighted by atomic mass is 9.86. The molecule has 1 aliphatic rings. The van der Waals surface area contributed by atoms with Crippen LogP contribution in [0.4, 0.5) is 4.39 Å². The lowest BCUT2D eigenvalue weighted by Crippen LogP contribution is -2.41. The molecular formula is C16H20BFO4. The number of hydrogen-bond donors (Lipinski definition) is 1. The fourth-order valence-electron chi connectivity index (χ4n) is 2.21. The van der Waals surface area contributed by atoms with Crippen molar-refractivity contribution >= 4 is 19.2 Å². The van der Waals surface area contributed by atoms with Gasteiger partial charge in [-0.3, -0.25) is 0 Å². The molecule has 0 spiro atoms. The highest BCUT2D eigenvalue weighted by Crippen LogP contribution is 2.39. The summed E-state index contributed by atoms with van der Waals surface area (Å²) in [4.78, 5) is 11.1. The molecule has 1 heterocycles. The Morgan fingerprint density at radius 3 is 2.27 bits per heavy atom. The van der Waals surface area contributed by atoms with E-state index < -0.39 is 30.0 Å². The first-order valence-corrected chi connectivity index (χ1v) is 7.11. The van der Waals surface area contributed by atoms with Crippen LogP contribution in [0.25, 0.3) is 6.08 Å². The quantitative estimate of drug-likeness (QED) is 0.866. The molecule has 1 N–H and O–H groups in total. The van der Waals surface area contributed by atoms with Crippen LogP contribution in [0.1, 0.15) is 49.2 Å². The lowest BCUT2D eigenvalue weighted by molar-refractivity contribution is 0.00578. The van der Waals surface area contributed by atoms with E-state index in [0.29, 0.717) is 11.1 Å². The van der Waals surface area contributed by atoms with Crippen molar-refractivity contribution in [3.05, 3.63) is 40.6 Å². The van der Waals surface area contributed by atoms with E-state index in [0.717, 1.165) is 0 Å². The molecule has 0 bridgehead atoms. The Morgan fingerprint density at radius 2 is 1.77 bits per heavy atom. The number of carboxylic acids is 1. The summed E-state index contributed by atoms with van der Waals surface area (Å²) in [7, 11) is -1.09. The summed E-state index contributed by atoms with van der Waals surface area (Å²) in [6, 6.07) is 4.73. The molecule has 1 fully saturated rings. The number of hydrogen-bond acceptors (Lipinski definition) is 3. The number of benzene rings is 1. The molecule has 1 aromatic rings. The number of carbonyl (C=O) groups is 1. The summed E-state index contributed by atoms with van der Waals surface area (Å²) in [5.74, 6) is -1.04. The van der Waals surface area contributed by atoms with Crippen LogP contribution in [0.3, 0.4) is 0 Å². The molecule has 0 unspecified atom stereocenters. The molecule has 1 aromatic carbocycles. The standard InChI is InChI=1S/C16H20BFO4/c1-10-11(7-6-8-12(10)14(19)20)9-13(18)17-21-15(2,3)16(4,5)22-17/h6-9H,1-5H3,(H,19,20). The second-order valence-electron chi connectivity index (χ2n) is 6.44. The van der Waals surface area contributed by atoms with Crippen LogP contribution in [-0.4, -0.2) is 29.4 Å². The van der Waals surface area contributed by atoms with Gasteiger partial charge in [-0.1, -0.05) is 12.1 Å². The van der Waals surface area contributed by atoms with Crippen molar-refractivity contribution in [2.24, 2.45) is 0 Å². The van der Waals surface area contributed by atoms with E-state index in [9.17, 15) is 9.18 Å². The smallest absolute Gasteiger partial charge is 0.478 e. The largest absolute Gasteiger partial charge is 0.525 e. The number of halogens is 1. The van der Waals surface area contributed by atoms with Gasteiger partial charge in [0.15, 0.2) is 0 Å². The van der Waals surface area contributed by atoms with E-state index in [2.05, 4.69) is 0 Å². The van der Waals surface area contributed by atoms with Crippen LogP contribution in [0.5, 0.6) is 0 Å². The third-order valence-electron chi connectivity index (χ3n) is 4.38. The highest BCUT2D eigenvalue weighted by molar-refractivity contribution is 6.54. The van der Waals surface area contributed by atoms with Crippen molar-refractivity contribution in [1.29, 1.82) is 0 Å². The second-order valence-corrected chi connectivity index (χ2v) is 6.44. The summed E-state index contributed by atoms with van der Waals surface area (Å²) in [6.07, 6.45) is 1.27. The second kappa shape index (κ2) is 5.52. The summed E-state index contributed by atoms with van der Waals surface area (Å²) < 4.78 is 25.7. The Hall–Kier alpha value is -1.66. The van der Waals surface area contributed by atoms with Crippen molar-refractivity contribution in [2.45, 2.75) is 45.8 Å². The lowest BCUT2D eigenvalue weighted by Gasteiger charge is -2.32. The van der Waals surface area contributed by atoms with Gasteiger partial charge < -0.3 is 14.4 Å². The minimum absolute atomic E-state index is 0.149. The van der Waals surface area contributed by atoms with Crippen molar-refractivity contribution < 1.29 is 23.6 Å². The normalized spacial score (nSPS) is 20.3. The monoisotopic (exact) mass is 306 g/mol. The average molecular weight is 306 g/mol.